The van der Waals surface area contributed by atoms with Crippen LogP contribution in [0.15, 0.2) is 23.5 Å². The third-order valence-corrected chi connectivity index (χ3v) is 4.97. The number of H-pyrrole nitrogens is 1. The predicted octanol–water partition coefficient (Wildman–Crippen LogP) is 4.19. The Balaban J connectivity index is 1.95. The Morgan fingerprint density at radius 1 is 1.11 bits per heavy atom. The minimum Gasteiger partial charge on any atom is -0.496 e. The van der Waals surface area contributed by atoms with Crippen LogP contribution < -0.4 is 18.9 Å². The van der Waals surface area contributed by atoms with Crippen molar-refractivity contribution in [2.45, 2.75) is 24.4 Å². The van der Waals surface area contributed by atoms with Crippen LogP contribution in [-0.2, 0) is 5.75 Å². The molecule has 0 spiro atoms. The highest BCUT2D eigenvalue weighted by Crippen LogP contribution is 2.44. The maximum Gasteiger partial charge on any atom is 0.387 e. The van der Waals surface area contributed by atoms with E-state index in [0.29, 0.717) is 16.4 Å². The first-order valence-corrected chi connectivity index (χ1v) is 9.17. The Labute approximate surface area is 164 Å². The summed E-state index contributed by atoms with van der Waals surface area (Å²) in [5, 5.41) is 0.522. The lowest BCUT2D eigenvalue weighted by molar-refractivity contribution is -0.0503. The molecule has 1 aromatic carbocycles. The van der Waals surface area contributed by atoms with Crippen LogP contribution in [-0.4, -0.2) is 42.9 Å². The Morgan fingerprint density at radius 2 is 1.86 bits per heavy atom. The molecule has 0 radical (unpaired) electrons. The van der Waals surface area contributed by atoms with Crippen molar-refractivity contribution in [3.8, 4) is 23.0 Å². The summed E-state index contributed by atoms with van der Waals surface area (Å²) in [7, 11) is 4.37. The molecule has 0 bridgehead atoms. The highest BCUT2D eigenvalue weighted by atomic mass is 32.2. The summed E-state index contributed by atoms with van der Waals surface area (Å²) in [6, 6.07) is 3.41. The summed E-state index contributed by atoms with van der Waals surface area (Å²) in [6.07, 6.45) is 1.67. The van der Waals surface area contributed by atoms with Crippen molar-refractivity contribution in [3.63, 3.8) is 0 Å². The van der Waals surface area contributed by atoms with Gasteiger partial charge in [0.05, 0.1) is 32.5 Å². The highest BCUT2D eigenvalue weighted by Gasteiger charge is 2.23. The Bertz CT molecular complexity index is 981. The molecule has 0 amide bonds. The second-order valence-electron chi connectivity index (χ2n) is 5.63. The number of ether oxygens (including phenoxy) is 4. The lowest BCUT2D eigenvalue weighted by Gasteiger charge is -2.13. The number of hydrogen-bond acceptors (Lipinski definition) is 7. The van der Waals surface area contributed by atoms with Crippen LogP contribution in [0.1, 0.15) is 11.3 Å². The van der Waals surface area contributed by atoms with E-state index in [9.17, 15) is 8.78 Å². The third kappa shape index (κ3) is 3.91. The smallest absolute Gasteiger partial charge is 0.387 e. The van der Waals surface area contributed by atoms with Crippen molar-refractivity contribution in [1.82, 2.24) is 15.0 Å². The number of nitrogens with one attached hydrogen (secondary N) is 1. The van der Waals surface area contributed by atoms with Gasteiger partial charge in [0.25, 0.3) is 0 Å². The number of imidazole rings is 1. The molecule has 2 heterocycles. The fraction of sp³-hybridized carbons (Fsp3) is 0.333. The van der Waals surface area contributed by atoms with Gasteiger partial charge in [0.2, 0.25) is 5.75 Å². The molecule has 1 N–H and O–H groups in total. The van der Waals surface area contributed by atoms with Gasteiger partial charge in [-0.15, -0.1) is 0 Å². The van der Waals surface area contributed by atoms with E-state index in [0.717, 1.165) is 17.0 Å². The number of rotatable bonds is 8. The summed E-state index contributed by atoms with van der Waals surface area (Å²) in [4.78, 5) is 11.8. The molecule has 7 nitrogen and oxygen atoms in total. The van der Waals surface area contributed by atoms with Crippen LogP contribution in [0.4, 0.5) is 8.78 Å². The lowest BCUT2D eigenvalue weighted by atomic mass is 10.2. The molecule has 0 aliphatic carbocycles. The SMILES string of the molecule is COc1ccnc(CSc2nc3c(OC(F)F)c(OC)c(OC)cc3[nH]2)c1C. The first-order valence-electron chi connectivity index (χ1n) is 8.19. The van der Waals surface area contributed by atoms with E-state index in [2.05, 4.69) is 19.7 Å². The van der Waals surface area contributed by atoms with Gasteiger partial charge < -0.3 is 23.9 Å². The number of alkyl halides is 2. The fourth-order valence-corrected chi connectivity index (χ4v) is 3.63. The number of aromatic amines is 1. The molecule has 0 saturated heterocycles. The van der Waals surface area contributed by atoms with Gasteiger partial charge in [0, 0.05) is 23.6 Å². The quantitative estimate of drug-likeness (QED) is 0.557. The summed E-state index contributed by atoms with van der Waals surface area (Å²) in [5.41, 5.74) is 2.49. The van der Waals surface area contributed by atoms with E-state index in [4.69, 9.17) is 14.2 Å². The standard InChI is InChI=1S/C18H19F2N3O4S/c1-9-11(21-6-5-12(9)24-2)8-28-18-22-10-7-13(25-3)15(26-4)16(14(10)23-18)27-17(19)20/h5-7,17H,8H2,1-4H3,(H,22,23). The van der Waals surface area contributed by atoms with Crippen molar-refractivity contribution in [3.05, 3.63) is 29.6 Å². The van der Waals surface area contributed by atoms with E-state index in [-0.39, 0.29) is 22.8 Å². The average molecular weight is 411 g/mol. The number of hydrogen-bond donors (Lipinski definition) is 1. The van der Waals surface area contributed by atoms with Crippen molar-refractivity contribution in [2.24, 2.45) is 0 Å². The van der Waals surface area contributed by atoms with E-state index in [1.54, 1.807) is 25.4 Å². The molecule has 0 aliphatic heterocycles. The minimum atomic E-state index is -3.03. The second kappa shape index (κ2) is 8.51. The van der Waals surface area contributed by atoms with Crippen molar-refractivity contribution in [1.29, 1.82) is 0 Å². The molecule has 0 fully saturated rings. The molecule has 10 heteroatoms. The largest absolute Gasteiger partial charge is 0.496 e. The van der Waals surface area contributed by atoms with Crippen molar-refractivity contribution >= 4 is 22.8 Å². The molecule has 0 unspecified atom stereocenters. The second-order valence-corrected chi connectivity index (χ2v) is 6.60. The number of fused-ring (bicyclic) bond motifs is 1. The van der Waals surface area contributed by atoms with Crippen LogP contribution in [0.5, 0.6) is 23.0 Å². The Hall–Kier alpha value is -2.75. The molecule has 2 aromatic heterocycles. The van der Waals surface area contributed by atoms with Crippen LogP contribution in [0.3, 0.4) is 0 Å². The number of pyridine rings is 1. The van der Waals surface area contributed by atoms with E-state index in [1.165, 1.54) is 26.0 Å². The van der Waals surface area contributed by atoms with Crippen molar-refractivity contribution in [2.75, 3.05) is 21.3 Å². The zero-order valence-corrected chi connectivity index (χ0v) is 16.5. The van der Waals surface area contributed by atoms with Crippen molar-refractivity contribution < 1.29 is 27.7 Å². The molecular weight excluding hydrogens is 392 g/mol. The van der Waals surface area contributed by atoms with Gasteiger partial charge in [-0.05, 0) is 13.0 Å². The summed E-state index contributed by atoms with van der Waals surface area (Å²) >= 11 is 1.38. The summed E-state index contributed by atoms with van der Waals surface area (Å²) in [5.74, 6) is 1.41. The zero-order chi connectivity index (χ0) is 20.3. The maximum atomic E-state index is 12.9. The first-order chi connectivity index (χ1) is 13.5. The van der Waals surface area contributed by atoms with Crippen LogP contribution in [0.25, 0.3) is 11.0 Å². The van der Waals surface area contributed by atoms with Gasteiger partial charge in [-0.1, -0.05) is 11.8 Å². The van der Waals surface area contributed by atoms with Crippen LogP contribution >= 0.6 is 11.8 Å². The summed E-state index contributed by atoms with van der Waals surface area (Å²) in [6.45, 7) is -1.11. The number of aromatic nitrogens is 3. The summed E-state index contributed by atoms with van der Waals surface area (Å²) < 4.78 is 46.2. The molecule has 3 aromatic rings. The molecule has 150 valence electrons. The third-order valence-electron chi connectivity index (χ3n) is 4.09. The topological polar surface area (TPSA) is 78.5 Å². The van der Waals surface area contributed by atoms with Gasteiger partial charge in [0.15, 0.2) is 16.7 Å². The van der Waals surface area contributed by atoms with Gasteiger partial charge in [-0.25, -0.2) is 4.98 Å². The van der Waals surface area contributed by atoms with Gasteiger partial charge >= 0.3 is 6.61 Å². The molecular formula is C18H19F2N3O4S. The minimum absolute atomic E-state index is 0.0589. The number of benzene rings is 1. The first kappa shape index (κ1) is 20.0. The normalized spacial score (nSPS) is 11.1. The zero-order valence-electron chi connectivity index (χ0n) is 15.7. The highest BCUT2D eigenvalue weighted by molar-refractivity contribution is 7.98. The monoisotopic (exact) mass is 411 g/mol. The number of methoxy groups -OCH3 is 3. The average Bonchev–Trinajstić information content (AvgIpc) is 3.09. The molecule has 0 saturated carbocycles. The molecule has 28 heavy (non-hydrogen) atoms. The van der Waals surface area contributed by atoms with Crippen LogP contribution in [0.2, 0.25) is 0 Å². The number of halogens is 2. The fourth-order valence-electron chi connectivity index (χ4n) is 2.73. The molecule has 0 atom stereocenters. The molecule has 3 rings (SSSR count). The number of nitrogens with zero attached hydrogens (tertiary/aromatic N) is 2. The van der Waals surface area contributed by atoms with Gasteiger partial charge in [0.1, 0.15) is 11.3 Å². The van der Waals surface area contributed by atoms with E-state index in [1.807, 2.05) is 6.92 Å². The van der Waals surface area contributed by atoms with E-state index >= 15 is 0 Å². The van der Waals surface area contributed by atoms with Gasteiger partial charge in [-0.3, -0.25) is 4.98 Å². The molecule has 0 aliphatic rings. The Kier molecular flexibility index (Phi) is 6.08. The van der Waals surface area contributed by atoms with Gasteiger partial charge in [-0.2, -0.15) is 8.78 Å². The van der Waals surface area contributed by atoms with Crippen LogP contribution in [0, 0.1) is 6.92 Å². The maximum absolute atomic E-state index is 12.9. The number of thioether (sulfide) groups is 1. The predicted molar refractivity (Wildman–Crippen MR) is 101 cm³/mol. The van der Waals surface area contributed by atoms with E-state index < -0.39 is 6.61 Å². The Morgan fingerprint density at radius 3 is 2.50 bits per heavy atom. The lowest BCUT2D eigenvalue weighted by Crippen LogP contribution is -2.05.